The second-order valence-electron chi connectivity index (χ2n) is 6.51. The lowest BCUT2D eigenvalue weighted by atomic mass is 10.1. The van der Waals surface area contributed by atoms with E-state index in [1.807, 2.05) is 30.3 Å². The number of hydrogen-bond donors (Lipinski definition) is 1. The van der Waals surface area contributed by atoms with E-state index in [0.717, 1.165) is 5.56 Å². The van der Waals surface area contributed by atoms with Crippen molar-refractivity contribution in [2.24, 2.45) is 0 Å². The Morgan fingerprint density at radius 2 is 1.89 bits per heavy atom. The van der Waals surface area contributed by atoms with E-state index in [1.165, 1.54) is 14.7 Å². The lowest BCUT2D eigenvalue weighted by molar-refractivity contribution is -0.146. The third-order valence-corrected chi connectivity index (χ3v) is 4.83. The molecule has 0 aliphatic carbocycles. The van der Waals surface area contributed by atoms with Gasteiger partial charge in [0.15, 0.2) is 0 Å². The molecule has 1 aromatic rings. The summed E-state index contributed by atoms with van der Waals surface area (Å²) in [6, 6.07) is 7.80. The molecule has 0 radical (unpaired) electrons. The fourth-order valence-corrected chi connectivity index (χ4v) is 3.40. The van der Waals surface area contributed by atoms with Crippen LogP contribution in [0.15, 0.2) is 30.3 Å². The number of carboxylic acids is 1. The highest BCUT2D eigenvalue weighted by molar-refractivity contribution is 6.05. The van der Waals surface area contributed by atoms with Gasteiger partial charge in [0.1, 0.15) is 19.3 Å². The first-order valence-corrected chi connectivity index (χ1v) is 8.66. The fraction of sp³-hybridized carbons (Fsp3) is 0.444. The zero-order valence-electron chi connectivity index (χ0n) is 14.9. The number of carbonyl (C=O) groups is 4. The molecule has 1 aromatic carbocycles. The van der Waals surface area contributed by atoms with Crippen LogP contribution in [0.3, 0.4) is 0 Å². The number of amides is 4. The minimum Gasteiger partial charge on any atom is -0.480 e. The molecule has 0 saturated carbocycles. The highest BCUT2D eigenvalue weighted by Gasteiger charge is 2.50. The minimum atomic E-state index is -1.16. The first kappa shape index (κ1) is 18.8. The Kier molecular flexibility index (Phi) is 5.41. The Balaban J connectivity index is 1.67. The van der Waals surface area contributed by atoms with E-state index in [9.17, 15) is 19.2 Å². The maximum absolute atomic E-state index is 12.9. The van der Waals surface area contributed by atoms with Gasteiger partial charge >= 0.3 is 12.0 Å². The molecule has 2 heterocycles. The Morgan fingerprint density at radius 1 is 1.19 bits per heavy atom. The van der Waals surface area contributed by atoms with Gasteiger partial charge in [-0.05, 0) is 12.5 Å². The number of imide groups is 1. The van der Waals surface area contributed by atoms with Crippen LogP contribution >= 0.6 is 0 Å². The van der Waals surface area contributed by atoms with Crippen LogP contribution in [0.4, 0.5) is 4.79 Å². The number of carboxylic acid groups (broad SMARTS) is 1. The summed E-state index contributed by atoms with van der Waals surface area (Å²) < 4.78 is 4.82. The zero-order valence-corrected chi connectivity index (χ0v) is 14.9. The number of piperazine rings is 1. The van der Waals surface area contributed by atoms with Crippen molar-refractivity contribution in [2.45, 2.75) is 19.0 Å². The van der Waals surface area contributed by atoms with Gasteiger partial charge in [-0.3, -0.25) is 14.5 Å². The average Bonchev–Trinajstić information content (AvgIpc) is 2.91. The second-order valence-corrected chi connectivity index (χ2v) is 6.51. The summed E-state index contributed by atoms with van der Waals surface area (Å²) in [6.07, 6.45) is 0. The van der Waals surface area contributed by atoms with Crippen molar-refractivity contribution in [1.82, 2.24) is 14.7 Å². The number of ether oxygens (including phenoxy) is 1. The third kappa shape index (κ3) is 3.77. The average molecular weight is 375 g/mol. The number of benzene rings is 1. The number of nitrogens with zero attached hydrogens (tertiary/aromatic N) is 3. The summed E-state index contributed by atoms with van der Waals surface area (Å²) in [5, 5.41) is 8.55. The topological polar surface area (TPSA) is 107 Å². The lowest BCUT2D eigenvalue weighted by Crippen LogP contribution is -2.55. The zero-order chi connectivity index (χ0) is 19.6. The first-order chi connectivity index (χ1) is 12.9. The van der Waals surface area contributed by atoms with E-state index >= 15 is 0 Å². The smallest absolute Gasteiger partial charge is 0.329 e. The summed E-state index contributed by atoms with van der Waals surface area (Å²) >= 11 is 0. The summed E-state index contributed by atoms with van der Waals surface area (Å²) in [6.45, 7) is 1.47. The minimum absolute atomic E-state index is 0.0812. The normalized spacial score (nSPS) is 20.6. The molecule has 0 bridgehead atoms. The highest BCUT2D eigenvalue weighted by atomic mass is 16.5. The van der Waals surface area contributed by atoms with Crippen molar-refractivity contribution in [1.29, 1.82) is 0 Å². The Hall–Kier alpha value is -2.94. The first-order valence-electron chi connectivity index (χ1n) is 8.66. The number of urea groups is 1. The van der Waals surface area contributed by atoms with E-state index in [0.29, 0.717) is 0 Å². The second kappa shape index (κ2) is 7.75. The Bertz CT molecular complexity index is 753. The van der Waals surface area contributed by atoms with E-state index in [-0.39, 0.29) is 38.2 Å². The van der Waals surface area contributed by atoms with Gasteiger partial charge in [0.05, 0.1) is 12.6 Å². The molecule has 9 nitrogen and oxygen atoms in total. The molecule has 3 rings (SSSR count). The van der Waals surface area contributed by atoms with Crippen molar-refractivity contribution in [3.63, 3.8) is 0 Å². The van der Waals surface area contributed by atoms with E-state index in [1.54, 1.807) is 6.92 Å². The maximum Gasteiger partial charge on any atom is 0.329 e. The molecule has 2 aliphatic rings. The van der Waals surface area contributed by atoms with Crippen LogP contribution in [-0.2, 0) is 19.1 Å². The van der Waals surface area contributed by atoms with Crippen molar-refractivity contribution in [3.05, 3.63) is 35.9 Å². The quantitative estimate of drug-likeness (QED) is 0.718. The molecule has 2 fully saturated rings. The molecular weight excluding hydrogens is 354 g/mol. The van der Waals surface area contributed by atoms with Crippen LogP contribution in [0.1, 0.15) is 18.5 Å². The van der Waals surface area contributed by atoms with E-state index < -0.39 is 30.6 Å². The summed E-state index contributed by atoms with van der Waals surface area (Å²) in [5.74, 6) is -1.89. The largest absolute Gasteiger partial charge is 0.480 e. The molecule has 2 aliphatic heterocycles. The van der Waals surface area contributed by atoms with Crippen LogP contribution < -0.4 is 0 Å². The monoisotopic (exact) mass is 375 g/mol. The Morgan fingerprint density at radius 3 is 2.56 bits per heavy atom. The van der Waals surface area contributed by atoms with Crippen molar-refractivity contribution < 1.29 is 29.0 Å². The number of fused-ring (bicyclic) bond motifs is 1. The summed E-state index contributed by atoms with van der Waals surface area (Å²) in [7, 11) is 0. The molecule has 2 saturated heterocycles. The van der Waals surface area contributed by atoms with Gasteiger partial charge in [0, 0.05) is 13.1 Å². The molecule has 2 atom stereocenters. The van der Waals surface area contributed by atoms with Gasteiger partial charge in [-0.1, -0.05) is 30.3 Å². The Labute approximate surface area is 156 Å². The van der Waals surface area contributed by atoms with E-state index in [4.69, 9.17) is 9.84 Å². The highest BCUT2D eigenvalue weighted by Crippen LogP contribution is 2.30. The molecule has 1 N–H and O–H groups in total. The lowest BCUT2D eigenvalue weighted by Gasteiger charge is -2.35. The van der Waals surface area contributed by atoms with Crippen LogP contribution in [-0.4, -0.2) is 82.5 Å². The molecule has 27 heavy (non-hydrogen) atoms. The van der Waals surface area contributed by atoms with Crippen molar-refractivity contribution in [2.75, 3.05) is 32.8 Å². The van der Waals surface area contributed by atoms with Crippen LogP contribution in [0.2, 0.25) is 0 Å². The summed E-state index contributed by atoms with van der Waals surface area (Å²) in [5.41, 5.74) is 0.856. The predicted octanol–water partition coefficient (Wildman–Crippen LogP) is 0.324. The van der Waals surface area contributed by atoms with Gasteiger partial charge in [-0.2, -0.15) is 0 Å². The van der Waals surface area contributed by atoms with Gasteiger partial charge in [-0.25, -0.2) is 9.59 Å². The van der Waals surface area contributed by atoms with Gasteiger partial charge in [-0.15, -0.1) is 0 Å². The number of carbonyl (C=O) groups excluding carboxylic acids is 3. The van der Waals surface area contributed by atoms with E-state index in [2.05, 4.69) is 0 Å². The molecule has 144 valence electrons. The third-order valence-electron chi connectivity index (χ3n) is 4.83. The van der Waals surface area contributed by atoms with Gasteiger partial charge in [0.2, 0.25) is 5.91 Å². The fourth-order valence-electron chi connectivity index (χ4n) is 3.40. The molecule has 0 spiro atoms. The standard InChI is InChI=1S/C18H21N3O6/c1-12(13-5-3-2-4-6-13)21-17(25)14-9-19(7-8-20(14)18(21)26)15(22)10-27-11-16(23)24/h2-6,12,14H,7-11H2,1H3,(H,23,24)/t12-,14+/m0/s1. The van der Waals surface area contributed by atoms with Crippen LogP contribution in [0, 0.1) is 0 Å². The summed E-state index contributed by atoms with van der Waals surface area (Å²) in [4.78, 5) is 52.4. The van der Waals surface area contributed by atoms with Crippen molar-refractivity contribution in [3.8, 4) is 0 Å². The van der Waals surface area contributed by atoms with Gasteiger partial charge in [0.25, 0.3) is 5.91 Å². The SMILES string of the molecule is C[C@@H](c1ccccc1)N1C(=O)[C@H]2CN(C(=O)COCC(=O)O)CCN2C1=O. The van der Waals surface area contributed by atoms with Crippen molar-refractivity contribution >= 4 is 23.8 Å². The predicted molar refractivity (Wildman–Crippen MR) is 92.6 cm³/mol. The molecule has 0 aromatic heterocycles. The number of hydrogen-bond acceptors (Lipinski definition) is 5. The molecule has 9 heteroatoms. The number of rotatable bonds is 6. The van der Waals surface area contributed by atoms with Crippen LogP contribution in [0.25, 0.3) is 0 Å². The number of aliphatic carboxylic acids is 1. The molecule has 0 unspecified atom stereocenters. The maximum atomic E-state index is 12.9. The van der Waals surface area contributed by atoms with Gasteiger partial charge < -0.3 is 19.6 Å². The van der Waals surface area contributed by atoms with Crippen LogP contribution in [0.5, 0.6) is 0 Å². The molecule has 4 amide bonds. The molecular formula is C18H21N3O6.